The van der Waals surface area contributed by atoms with Crippen LogP contribution in [0.1, 0.15) is 20.8 Å². The van der Waals surface area contributed by atoms with Gasteiger partial charge in [-0.25, -0.2) is 15.0 Å². The maximum atomic E-state index is 5.48. The molecular formula is C26H27N7O. The van der Waals surface area contributed by atoms with E-state index in [9.17, 15) is 0 Å². The van der Waals surface area contributed by atoms with E-state index in [0.29, 0.717) is 0 Å². The Bertz CT molecular complexity index is 1490. The van der Waals surface area contributed by atoms with Gasteiger partial charge in [0, 0.05) is 47.5 Å². The van der Waals surface area contributed by atoms with E-state index in [1.165, 1.54) is 0 Å². The van der Waals surface area contributed by atoms with E-state index >= 15 is 0 Å². The summed E-state index contributed by atoms with van der Waals surface area (Å²) in [6, 6.07) is 12.6. The minimum atomic E-state index is -0.0602. The second-order valence-corrected chi connectivity index (χ2v) is 9.68. The molecule has 1 aliphatic rings. The van der Waals surface area contributed by atoms with E-state index in [-0.39, 0.29) is 5.54 Å². The second-order valence-electron chi connectivity index (χ2n) is 9.68. The van der Waals surface area contributed by atoms with Crippen LogP contribution in [0.3, 0.4) is 0 Å². The monoisotopic (exact) mass is 453 g/mol. The molecule has 0 amide bonds. The van der Waals surface area contributed by atoms with Crippen LogP contribution in [0.15, 0.2) is 55.1 Å². The Hall–Kier alpha value is -3.78. The van der Waals surface area contributed by atoms with Crippen molar-refractivity contribution in [1.29, 1.82) is 0 Å². The van der Waals surface area contributed by atoms with Crippen LogP contribution in [0.4, 0.5) is 5.82 Å². The van der Waals surface area contributed by atoms with Crippen molar-refractivity contribution in [2.75, 3.05) is 31.2 Å². The number of hydrogen-bond acceptors (Lipinski definition) is 6. The molecule has 1 saturated heterocycles. The molecule has 0 radical (unpaired) electrons. The lowest BCUT2D eigenvalue weighted by molar-refractivity contribution is 0.122. The molecule has 1 aliphatic heterocycles. The van der Waals surface area contributed by atoms with Crippen LogP contribution in [-0.2, 0) is 10.3 Å². The summed E-state index contributed by atoms with van der Waals surface area (Å²) in [5.41, 5.74) is 6.81. The first-order valence-electron chi connectivity index (χ1n) is 11.6. The van der Waals surface area contributed by atoms with Crippen molar-refractivity contribution in [2.24, 2.45) is 0 Å². The van der Waals surface area contributed by atoms with Crippen molar-refractivity contribution >= 4 is 27.9 Å². The highest BCUT2D eigenvalue weighted by atomic mass is 16.5. The summed E-state index contributed by atoms with van der Waals surface area (Å²) in [5, 5.41) is 8.71. The second kappa shape index (κ2) is 7.92. The number of benzene rings is 1. The van der Waals surface area contributed by atoms with Crippen molar-refractivity contribution < 1.29 is 4.74 Å². The van der Waals surface area contributed by atoms with Crippen molar-refractivity contribution in [3.63, 3.8) is 0 Å². The maximum Gasteiger partial charge on any atom is 0.155 e. The zero-order chi connectivity index (χ0) is 23.3. The molecule has 5 aromatic rings. The Morgan fingerprint density at radius 3 is 2.59 bits per heavy atom. The summed E-state index contributed by atoms with van der Waals surface area (Å²) < 4.78 is 7.69. The van der Waals surface area contributed by atoms with E-state index < -0.39 is 0 Å². The van der Waals surface area contributed by atoms with Gasteiger partial charge in [0.2, 0.25) is 0 Å². The standard InChI is InChI=1S/C26H27N7O/c1-26(2,3)33-16-29-21-5-4-18(13-22(21)33)24-20-12-19(15-28-25(20)31-30-24)17-6-7-27-23(14-17)32-8-10-34-11-9-32/h4-7,12-16H,8-11H2,1-3H3,(H,28,30,31). The SMILES string of the molecule is CC(C)(C)n1cnc2ccc(-c3n[nH]c4ncc(-c5ccnc(N6CCOCC6)c5)cc34)cc21. The van der Waals surface area contributed by atoms with Gasteiger partial charge in [0.15, 0.2) is 5.65 Å². The normalized spacial score (nSPS) is 14.9. The van der Waals surface area contributed by atoms with Gasteiger partial charge in [0.25, 0.3) is 0 Å². The van der Waals surface area contributed by atoms with Gasteiger partial charge in [-0.05, 0) is 56.7 Å². The van der Waals surface area contributed by atoms with Crippen LogP contribution in [0.25, 0.3) is 44.5 Å². The molecule has 0 spiro atoms. The Balaban J connectivity index is 1.42. The van der Waals surface area contributed by atoms with Gasteiger partial charge in [-0.3, -0.25) is 5.10 Å². The molecule has 0 bridgehead atoms. The molecule has 172 valence electrons. The van der Waals surface area contributed by atoms with E-state index in [1.54, 1.807) is 0 Å². The Morgan fingerprint density at radius 1 is 0.912 bits per heavy atom. The topological polar surface area (TPSA) is 84.8 Å². The molecule has 0 aliphatic carbocycles. The van der Waals surface area contributed by atoms with Crippen molar-refractivity contribution in [2.45, 2.75) is 26.3 Å². The summed E-state index contributed by atoms with van der Waals surface area (Å²) in [6.45, 7) is 9.72. The van der Waals surface area contributed by atoms with E-state index in [0.717, 1.165) is 76.6 Å². The molecule has 1 aromatic carbocycles. The molecule has 8 nitrogen and oxygen atoms in total. The van der Waals surface area contributed by atoms with E-state index in [1.807, 2.05) is 24.8 Å². The lowest BCUT2D eigenvalue weighted by Crippen LogP contribution is -2.36. The zero-order valence-corrected chi connectivity index (χ0v) is 19.6. The average molecular weight is 454 g/mol. The Kier molecular flexibility index (Phi) is 4.84. The number of fused-ring (bicyclic) bond motifs is 2. The number of imidazole rings is 1. The number of morpholine rings is 1. The number of pyridine rings is 2. The summed E-state index contributed by atoms with van der Waals surface area (Å²) in [4.78, 5) is 16.1. The third-order valence-electron chi connectivity index (χ3n) is 6.37. The number of ether oxygens (including phenoxy) is 1. The lowest BCUT2D eigenvalue weighted by atomic mass is 10.0. The molecule has 6 rings (SSSR count). The van der Waals surface area contributed by atoms with Gasteiger partial charge in [0.05, 0.1) is 30.6 Å². The summed E-state index contributed by atoms with van der Waals surface area (Å²) in [6.07, 6.45) is 5.66. The average Bonchev–Trinajstić information content (AvgIpc) is 3.48. The first kappa shape index (κ1) is 20.8. The van der Waals surface area contributed by atoms with Crippen LogP contribution in [0, 0.1) is 0 Å². The minimum Gasteiger partial charge on any atom is -0.378 e. The van der Waals surface area contributed by atoms with Crippen LogP contribution in [0.2, 0.25) is 0 Å². The van der Waals surface area contributed by atoms with Crippen molar-refractivity contribution in [1.82, 2.24) is 29.7 Å². The van der Waals surface area contributed by atoms with Crippen molar-refractivity contribution in [3.05, 3.63) is 55.1 Å². The maximum absolute atomic E-state index is 5.48. The van der Waals surface area contributed by atoms with Gasteiger partial charge in [0.1, 0.15) is 11.5 Å². The molecule has 4 aromatic heterocycles. The number of hydrogen-bond donors (Lipinski definition) is 1. The minimum absolute atomic E-state index is 0.0602. The fourth-order valence-corrected chi connectivity index (χ4v) is 4.53. The Morgan fingerprint density at radius 2 is 1.76 bits per heavy atom. The number of anilines is 1. The van der Waals surface area contributed by atoms with Gasteiger partial charge in [-0.15, -0.1) is 0 Å². The third-order valence-corrected chi connectivity index (χ3v) is 6.37. The molecule has 0 atom stereocenters. The number of nitrogens with zero attached hydrogens (tertiary/aromatic N) is 6. The number of rotatable bonds is 3. The van der Waals surface area contributed by atoms with Gasteiger partial charge in [-0.2, -0.15) is 5.10 Å². The molecule has 8 heteroatoms. The highest BCUT2D eigenvalue weighted by molar-refractivity contribution is 5.95. The smallest absolute Gasteiger partial charge is 0.155 e. The Labute approximate surface area is 197 Å². The molecule has 34 heavy (non-hydrogen) atoms. The molecule has 1 fully saturated rings. The number of aromatic amines is 1. The van der Waals surface area contributed by atoms with Gasteiger partial charge >= 0.3 is 0 Å². The summed E-state index contributed by atoms with van der Waals surface area (Å²) >= 11 is 0. The van der Waals surface area contributed by atoms with E-state index in [4.69, 9.17) is 4.74 Å². The quantitative estimate of drug-likeness (QED) is 0.429. The predicted octanol–water partition coefficient (Wildman–Crippen LogP) is 4.63. The van der Waals surface area contributed by atoms with Gasteiger partial charge < -0.3 is 14.2 Å². The first-order valence-corrected chi connectivity index (χ1v) is 11.6. The van der Waals surface area contributed by atoms with E-state index in [2.05, 4.69) is 85.7 Å². The molecule has 5 heterocycles. The van der Waals surface area contributed by atoms with Crippen molar-refractivity contribution in [3.8, 4) is 22.4 Å². The van der Waals surface area contributed by atoms with Gasteiger partial charge in [-0.1, -0.05) is 6.07 Å². The number of nitrogens with one attached hydrogen (secondary N) is 1. The summed E-state index contributed by atoms with van der Waals surface area (Å²) in [7, 11) is 0. The summed E-state index contributed by atoms with van der Waals surface area (Å²) in [5.74, 6) is 0.967. The molecule has 0 saturated carbocycles. The lowest BCUT2D eigenvalue weighted by Gasteiger charge is -2.28. The fraction of sp³-hybridized carbons (Fsp3) is 0.308. The van der Waals surface area contributed by atoms with Crippen LogP contribution in [0.5, 0.6) is 0 Å². The highest BCUT2D eigenvalue weighted by Gasteiger charge is 2.18. The first-order chi connectivity index (χ1) is 16.5. The van der Waals surface area contributed by atoms with Crippen LogP contribution >= 0.6 is 0 Å². The molecular weight excluding hydrogens is 426 g/mol. The number of H-pyrrole nitrogens is 1. The van der Waals surface area contributed by atoms with Crippen LogP contribution in [-0.4, -0.2) is 56.0 Å². The third kappa shape index (κ3) is 3.60. The predicted molar refractivity (Wildman–Crippen MR) is 134 cm³/mol. The zero-order valence-electron chi connectivity index (χ0n) is 19.6. The fourth-order valence-electron chi connectivity index (χ4n) is 4.53. The largest absolute Gasteiger partial charge is 0.378 e. The van der Waals surface area contributed by atoms with Crippen LogP contribution < -0.4 is 4.90 Å². The highest BCUT2D eigenvalue weighted by Crippen LogP contribution is 2.32. The molecule has 0 unspecified atom stereocenters. The number of aromatic nitrogens is 6. The molecule has 1 N–H and O–H groups in total.